The van der Waals surface area contributed by atoms with Crippen molar-refractivity contribution in [2.24, 2.45) is 0 Å². The molecule has 3 N–H and O–H groups in total. The second-order valence-electron chi connectivity index (χ2n) is 6.86. The zero-order valence-corrected chi connectivity index (χ0v) is 15.9. The van der Waals surface area contributed by atoms with Gasteiger partial charge in [-0.1, -0.05) is 30.3 Å². The lowest BCUT2D eigenvalue weighted by atomic mass is 10.1. The average molecular weight is 397 g/mol. The maximum Gasteiger partial charge on any atom is 0.292 e. The molecule has 0 aromatic heterocycles. The second-order valence-corrected chi connectivity index (χ2v) is 6.86. The molecule has 1 fully saturated rings. The number of rotatable bonds is 6. The Labute approximate surface area is 168 Å². The van der Waals surface area contributed by atoms with Gasteiger partial charge in [-0.3, -0.25) is 24.6 Å². The van der Waals surface area contributed by atoms with Crippen LogP contribution in [0.1, 0.15) is 15.9 Å². The maximum atomic E-state index is 12.6. The molecule has 29 heavy (non-hydrogen) atoms. The van der Waals surface area contributed by atoms with Crippen molar-refractivity contribution in [1.82, 2.24) is 15.1 Å². The van der Waals surface area contributed by atoms with E-state index < -0.39 is 4.92 Å². The molecule has 1 heterocycles. The molecular formula is C20H23N5O4. The van der Waals surface area contributed by atoms with E-state index in [2.05, 4.69) is 5.32 Å². The molecule has 1 aliphatic heterocycles. The van der Waals surface area contributed by atoms with Gasteiger partial charge in [0, 0.05) is 44.4 Å². The molecule has 0 bridgehead atoms. The van der Waals surface area contributed by atoms with E-state index in [9.17, 15) is 19.7 Å². The smallest absolute Gasteiger partial charge is 0.292 e. The molecule has 2 amide bonds. The van der Waals surface area contributed by atoms with Crippen LogP contribution in [0.2, 0.25) is 0 Å². The predicted octanol–water partition coefficient (Wildman–Crippen LogP) is 1.25. The second kappa shape index (κ2) is 9.16. The fraction of sp³-hybridized carbons (Fsp3) is 0.300. The van der Waals surface area contributed by atoms with Crippen LogP contribution in [-0.4, -0.2) is 59.3 Å². The third kappa shape index (κ3) is 5.29. The first-order valence-electron chi connectivity index (χ1n) is 9.30. The lowest BCUT2D eigenvalue weighted by Gasteiger charge is -2.34. The van der Waals surface area contributed by atoms with E-state index >= 15 is 0 Å². The molecule has 9 nitrogen and oxygen atoms in total. The third-order valence-corrected chi connectivity index (χ3v) is 4.83. The molecule has 9 heteroatoms. The monoisotopic (exact) mass is 397 g/mol. The number of nitrogen functional groups attached to an aromatic ring is 1. The molecule has 152 valence electrons. The van der Waals surface area contributed by atoms with E-state index in [0.29, 0.717) is 32.7 Å². The number of nitro groups is 1. The van der Waals surface area contributed by atoms with Gasteiger partial charge < -0.3 is 16.0 Å². The zero-order valence-electron chi connectivity index (χ0n) is 15.9. The first kappa shape index (κ1) is 20.3. The van der Waals surface area contributed by atoms with Gasteiger partial charge in [-0.15, -0.1) is 0 Å². The van der Waals surface area contributed by atoms with Crippen LogP contribution in [0.25, 0.3) is 0 Å². The molecule has 2 aromatic carbocycles. The quantitative estimate of drug-likeness (QED) is 0.430. The highest BCUT2D eigenvalue weighted by Gasteiger charge is 2.25. The van der Waals surface area contributed by atoms with E-state index in [1.54, 1.807) is 4.90 Å². The number of nitrogens with two attached hydrogens (primary N) is 1. The Hall–Kier alpha value is -3.46. The Balaban J connectivity index is 1.48. The zero-order chi connectivity index (χ0) is 20.8. The number of benzene rings is 2. The van der Waals surface area contributed by atoms with Crippen molar-refractivity contribution in [3.63, 3.8) is 0 Å². The van der Waals surface area contributed by atoms with Crippen LogP contribution in [0.3, 0.4) is 0 Å². The summed E-state index contributed by atoms with van der Waals surface area (Å²) in [5, 5.41) is 13.9. The summed E-state index contributed by atoms with van der Waals surface area (Å²) in [6.07, 6.45) is 0. The van der Waals surface area contributed by atoms with Crippen LogP contribution >= 0.6 is 0 Å². The van der Waals surface area contributed by atoms with Gasteiger partial charge in [0.15, 0.2) is 0 Å². The lowest BCUT2D eigenvalue weighted by molar-refractivity contribution is -0.383. The molecule has 0 aliphatic carbocycles. The number of nitrogens with zero attached hydrogens (tertiary/aromatic N) is 3. The molecule has 0 saturated carbocycles. The summed E-state index contributed by atoms with van der Waals surface area (Å²) in [6, 6.07) is 13.8. The molecule has 0 radical (unpaired) electrons. The fourth-order valence-corrected chi connectivity index (χ4v) is 3.18. The number of nitro benzene ring substituents is 1. The minimum absolute atomic E-state index is 0.0258. The van der Waals surface area contributed by atoms with Gasteiger partial charge in [0.05, 0.1) is 11.5 Å². The van der Waals surface area contributed by atoms with E-state index in [4.69, 9.17) is 5.73 Å². The highest BCUT2D eigenvalue weighted by atomic mass is 16.6. The van der Waals surface area contributed by atoms with Gasteiger partial charge in [0.25, 0.3) is 11.6 Å². The van der Waals surface area contributed by atoms with Gasteiger partial charge in [-0.25, -0.2) is 0 Å². The Morgan fingerprint density at radius 1 is 1.07 bits per heavy atom. The number of anilines is 1. The van der Waals surface area contributed by atoms with Crippen molar-refractivity contribution in [2.75, 3.05) is 38.5 Å². The van der Waals surface area contributed by atoms with Crippen LogP contribution in [-0.2, 0) is 11.3 Å². The summed E-state index contributed by atoms with van der Waals surface area (Å²) in [5.41, 5.74) is 6.61. The highest BCUT2D eigenvalue weighted by molar-refractivity contribution is 5.95. The molecule has 0 spiro atoms. The van der Waals surface area contributed by atoms with Gasteiger partial charge in [0.1, 0.15) is 5.69 Å². The van der Waals surface area contributed by atoms with Crippen LogP contribution in [0, 0.1) is 10.1 Å². The number of nitrogens with one attached hydrogen (secondary N) is 1. The topological polar surface area (TPSA) is 122 Å². The lowest BCUT2D eigenvalue weighted by Crippen LogP contribution is -2.51. The van der Waals surface area contributed by atoms with E-state index in [1.807, 2.05) is 35.2 Å². The molecule has 1 aliphatic rings. The van der Waals surface area contributed by atoms with Crippen molar-refractivity contribution in [2.45, 2.75) is 6.54 Å². The number of hydrogen-bond donors (Lipinski definition) is 2. The number of carbonyl (C=O) groups is 2. The van der Waals surface area contributed by atoms with Crippen molar-refractivity contribution < 1.29 is 14.5 Å². The number of carbonyl (C=O) groups excluding carboxylic acids is 2. The number of hydrogen-bond acceptors (Lipinski definition) is 6. The van der Waals surface area contributed by atoms with Crippen LogP contribution < -0.4 is 11.1 Å². The maximum absolute atomic E-state index is 12.6. The first-order valence-corrected chi connectivity index (χ1v) is 9.30. The van der Waals surface area contributed by atoms with E-state index in [0.717, 1.165) is 5.56 Å². The molecule has 0 unspecified atom stereocenters. The SMILES string of the molecule is Nc1ccc(C(=O)N2CCN(CC(=O)NCc3ccccc3)CC2)cc1[N+](=O)[O-]. The van der Waals surface area contributed by atoms with Crippen LogP contribution in [0.5, 0.6) is 0 Å². The van der Waals surface area contributed by atoms with Gasteiger partial charge in [-0.2, -0.15) is 0 Å². The highest BCUT2D eigenvalue weighted by Crippen LogP contribution is 2.23. The Morgan fingerprint density at radius 2 is 1.76 bits per heavy atom. The van der Waals surface area contributed by atoms with Crippen LogP contribution in [0.15, 0.2) is 48.5 Å². The van der Waals surface area contributed by atoms with Gasteiger partial charge in [-0.05, 0) is 17.7 Å². The third-order valence-electron chi connectivity index (χ3n) is 4.83. The van der Waals surface area contributed by atoms with Crippen LogP contribution in [0.4, 0.5) is 11.4 Å². The van der Waals surface area contributed by atoms with Crippen molar-refractivity contribution in [3.05, 3.63) is 69.8 Å². The summed E-state index contributed by atoms with van der Waals surface area (Å²) in [7, 11) is 0. The Bertz CT molecular complexity index is 895. The largest absolute Gasteiger partial charge is 0.393 e. The summed E-state index contributed by atoms with van der Waals surface area (Å²) < 4.78 is 0. The van der Waals surface area contributed by atoms with Crippen molar-refractivity contribution in [3.8, 4) is 0 Å². The number of amides is 2. The van der Waals surface area contributed by atoms with Crippen molar-refractivity contribution >= 4 is 23.2 Å². The van der Waals surface area contributed by atoms with Gasteiger partial charge >= 0.3 is 0 Å². The summed E-state index contributed by atoms with van der Waals surface area (Å²) in [6.45, 7) is 2.76. The molecule has 0 atom stereocenters. The molecule has 2 aromatic rings. The van der Waals surface area contributed by atoms with Crippen molar-refractivity contribution in [1.29, 1.82) is 0 Å². The minimum atomic E-state index is -0.599. The average Bonchev–Trinajstić information content (AvgIpc) is 2.73. The Kier molecular flexibility index (Phi) is 6.40. The van der Waals surface area contributed by atoms with E-state index in [-0.39, 0.29) is 35.3 Å². The summed E-state index contributed by atoms with van der Waals surface area (Å²) in [5.74, 6) is -0.343. The van der Waals surface area contributed by atoms with E-state index in [1.165, 1.54) is 18.2 Å². The standard InChI is InChI=1S/C20H23N5O4/c21-17-7-6-16(12-18(17)25(28)29)20(27)24-10-8-23(9-11-24)14-19(26)22-13-15-4-2-1-3-5-15/h1-7,12H,8-11,13-14,21H2,(H,22,26). The Morgan fingerprint density at radius 3 is 2.41 bits per heavy atom. The minimum Gasteiger partial charge on any atom is -0.393 e. The summed E-state index contributed by atoms with van der Waals surface area (Å²) >= 11 is 0. The summed E-state index contributed by atoms with van der Waals surface area (Å²) in [4.78, 5) is 38.8. The first-order chi connectivity index (χ1) is 13.9. The molecule has 3 rings (SSSR count). The molecule has 1 saturated heterocycles. The normalized spacial score (nSPS) is 14.4. The molecular weight excluding hydrogens is 374 g/mol. The number of piperazine rings is 1. The van der Waals surface area contributed by atoms with Gasteiger partial charge in [0.2, 0.25) is 5.91 Å². The fourth-order valence-electron chi connectivity index (χ4n) is 3.18. The predicted molar refractivity (Wildman–Crippen MR) is 108 cm³/mol.